The van der Waals surface area contributed by atoms with Crippen LogP contribution in [0.1, 0.15) is 29.6 Å². The van der Waals surface area contributed by atoms with Crippen LogP contribution < -0.4 is 11.1 Å². The molecule has 3 rings (SSSR count). The van der Waals surface area contributed by atoms with Gasteiger partial charge in [-0.25, -0.2) is 0 Å². The third kappa shape index (κ3) is 3.33. The first-order valence-electron chi connectivity index (χ1n) is 7.39. The minimum atomic E-state index is -0.0875. The molecule has 0 atom stereocenters. The fraction of sp³-hybridized carbons (Fsp3) is 0.467. The number of amides is 1. The van der Waals surface area contributed by atoms with Crippen LogP contribution in [0.5, 0.6) is 0 Å². The molecular weight excluding hydrogens is 268 g/mol. The third-order valence-corrected chi connectivity index (χ3v) is 3.83. The highest BCUT2D eigenvalue weighted by molar-refractivity contribution is 5.97. The van der Waals surface area contributed by atoms with Crippen molar-refractivity contribution in [1.29, 1.82) is 0 Å². The first-order valence-corrected chi connectivity index (χ1v) is 7.39. The fourth-order valence-corrected chi connectivity index (χ4v) is 2.70. The standard InChI is InChI=1S/C15H20N4O2/c16-15-18-12-10-11(4-5-13(12)21-15)14(20)17-6-9-19-7-2-1-3-8-19/h4-5,10H,1-3,6-9H2,(H2,16,18)(H,17,20). The Balaban J connectivity index is 1.55. The third-order valence-electron chi connectivity index (χ3n) is 3.83. The van der Waals surface area contributed by atoms with Crippen molar-refractivity contribution in [2.75, 3.05) is 31.9 Å². The van der Waals surface area contributed by atoms with E-state index in [1.165, 1.54) is 19.3 Å². The van der Waals surface area contributed by atoms with Crippen molar-refractivity contribution in [3.05, 3.63) is 23.8 Å². The first kappa shape index (κ1) is 13.9. The number of nitrogens with zero attached hydrogens (tertiary/aromatic N) is 2. The Bertz CT molecular complexity index is 632. The van der Waals surface area contributed by atoms with Gasteiger partial charge in [0.05, 0.1) is 0 Å². The van der Waals surface area contributed by atoms with Crippen LogP contribution in [-0.2, 0) is 0 Å². The van der Waals surface area contributed by atoms with Crippen LogP contribution in [0.15, 0.2) is 22.6 Å². The summed E-state index contributed by atoms with van der Waals surface area (Å²) in [5, 5.41) is 2.95. The van der Waals surface area contributed by atoms with E-state index in [0.717, 1.165) is 19.6 Å². The number of carbonyl (C=O) groups excluding carboxylic acids is 1. The summed E-state index contributed by atoms with van der Waals surface area (Å²) in [5.41, 5.74) is 7.28. The number of likely N-dealkylation sites (tertiary alicyclic amines) is 1. The Morgan fingerprint density at radius 1 is 1.33 bits per heavy atom. The van der Waals surface area contributed by atoms with Gasteiger partial charge in [-0.15, -0.1) is 0 Å². The molecule has 0 radical (unpaired) electrons. The highest BCUT2D eigenvalue weighted by Gasteiger charge is 2.12. The number of aromatic nitrogens is 1. The zero-order valence-corrected chi connectivity index (χ0v) is 12.0. The lowest BCUT2D eigenvalue weighted by molar-refractivity contribution is 0.0946. The van der Waals surface area contributed by atoms with Gasteiger partial charge in [-0.3, -0.25) is 4.79 Å². The Morgan fingerprint density at radius 3 is 2.95 bits per heavy atom. The van der Waals surface area contributed by atoms with Crippen molar-refractivity contribution < 1.29 is 9.21 Å². The van der Waals surface area contributed by atoms with E-state index in [0.29, 0.717) is 23.2 Å². The highest BCUT2D eigenvalue weighted by Crippen LogP contribution is 2.18. The number of fused-ring (bicyclic) bond motifs is 1. The van der Waals surface area contributed by atoms with E-state index in [9.17, 15) is 4.79 Å². The number of hydrogen-bond acceptors (Lipinski definition) is 5. The summed E-state index contributed by atoms with van der Waals surface area (Å²) in [6.07, 6.45) is 3.85. The van der Waals surface area contributed by atoms with Gasteiger partial charge >= 0.3 is 0 Å². The number of hydrogen-bond donors (Lipinski definition) is 2. The molecule has 0 aliphatic carbocycles. The monoisotopic (exact) mass is 288 g/mol. The van der Waals surface area contributed by atoms with Crippen LogP contribution in [0.2, 0.25) is 0 Å². The lowest BCUT2D eigenvalue weighted by Crippen LogP contribution is -2.37. The summed E-state index contributed by atoms with van der Waals surface area (Å²) in [5.74, 6) is -0.0875. The van der Waals surface area contributed by atoms with Crippen LogP contribution in [0.4, 0.5) is 6.01 Å². The van der Waals surface area contributed by atoms with Gasteiger partial charge in [-0.2, -0.15) is 4.98 Å². The number of nitrogens with one attached hydrogen (secondary N) is 1. The molecule has 1 fully saturated rings. The van der Waals surface area contributed by atoms with Crippen molar-refractivity contribution >= 4 is 23.0 Å². The molecule has 0 saturated carbocycles. The second-order valence-corrected chi connectivity index (χ2v) is 5.39. The summed E-state index contributed by atoms with van der Waals surface area (Å²) < 4.78 is 5.19. The predicted octanol–water partition coefficient (Wildman–Crippen LogP) is 1.63. The second-order valence-electron chi connectivity index (χ2n) is 5.39. The van der Waals surface area contributed by atoms with Gasteiger partial charge in [0.1, 0.15) is 5.52 Å². The molecule has 1 aliphatic heterocycles. The lowest BCUT2D eigenvalue weighted by atomic mass is 10.1. The Morgan fingerprint density at radius 2 is 2.14 bits per heavy atom. The van der Waals surface area contributed by atoms with Crippen molar-refractivity contribution in [3.8, 4) is 0 Å². The van der Waals surface area contributed by atoms with Gasteiger partial charge < -0.3 is 20.4 Å². The molecule has 112 valence electrons. The van der Waals surface area contributed by atoms with E-state index >= 15 is 0 Å². The number of nitrogens with two attached hydrogens (primary N) is 1. The number of anilines is 1. The molecule has 1 aromatic heterocycles. The van der Waals surface area contributed by atoms with Crippen molar-refractivity contribution in [2.24, 2.45) is 0 Å². The van der Waals surface area contributed by atoms with Crippen LogP contribution >= 0.6 is 0 Å². The lowest BCUT2D eigenvalue weighted by Gasteiger charge is -2.26. The normalized spacial score (nSPS) is 16.2. The zero-order valence-electron chi connectivity index (χ0n) is 12.0. The van der Waals surface area contributed by atoms with Gasteiger partial charge in [0.25, 0.3) is 11.9 Å². The largest absolute Gasteiger partial charge is 0.424 e. The molecule has 1 aromatic carbocycles. The predicted molar refractivity (Wildman–Crippen MR) is 81.0 cm³/mol. The minimum absolute atomic E-state index is 0.0875. The molecule has 1 aliphatic rings. The van der Waals surface area contributed by atoms with E-state index in [1.54, 1.807) is 18.2 Å². The van der Waals surface area contributed by atoms with Crippen LogP contribution in [-0.4, -0.2) is 42.0 Å². The SMILES string of the molecule is Nc1nc2cc(C(=O)NCCN3CCCCC3)ccc2o1. The number of oxazole rings is 1. The summed E-state index contributed by atoms with van der Waals surface area (Å²) in [6.45, 7) is 3.85. The maximum absolute atomic E-state index is 12.1. The number of piperidine rings is 1. The van der Waals surface area contributed by atoms with Crippen molar-refractivity contribution in [2.45, 2.75) is 19.3 Å². The van der Waals surface area contributed by atoms with Gasteiger partial charge in [-0.1, -0.05) is 6.42 Å². The minimum Gasteiger partial charge on any atom is -0.424 e. The topological polar surface area (TPSA) is 84.4 Å². The first-order chi connectivity index (χ1) is 10.2. The van der Waals surface area contributed by atoms with Crippen molar-refractivity contribution in [3.63, 3.8) is 0 Å². The van der Waals surface area contributed by atoms with Crippen LogP contribution in [0.25, 0.3) is 11.1 Å². The fourth-order valence-electron chi connectivity index (χ4n) is 2.70. The molecule has 3 N–H and O–H groups in total. The number of carbonyl (C=O) groups is 1. The van der Waals surface area contributed by atoms with E-state index in [4.69, 9.17) is 10.2 Å². The van der Waals surface area contributed by atoms with E-state index in [2.05, 4.69) is 15.2 Å². The van der Waals surface area contributed by atoms with E-state index in [1.807, 2.05) is 0 Å². The summed E-state index contributed by atoms with van der Waals surface area (Å²) in [7, 11) is 0. The van der Waals surface area contributed by atoms with E-state index < -0.39 is 0 Å². The average molecular weight is 288 g/mol. The van der Waals surface area contributed by atoms with Gasteiger partial charge in [-0.05, 0) is 44.1 Å². The van der Waals surface area contributed by atoms with Gasteiger partial charge in [0, 0.05) is 18.7 Å². The summed E-state index contributed by atoms with van der Waals surface area (Å²) in [4.78, 5) is 18.5. The molecule has 2 heterocycles. The molecule has 0 spiro atoms. The molecule has 1 amide bonds. The molecule has 2 aromatic rings. The molecule has 1 saturated heterocycles. The maximum Gasteiger partial charge on any atom is 0.292 e. The zero-order chi connectivity index (χ0) is 14.7. The average Bonchev–Trinajstić information content (AvgIpc) is 2.87. The molecule has 6 heteroatoms. The summed E-state index contributed by atoms with van der Waals surface area (Å²) in [6, 6.07) is 5.26. The molecule has 0 unspecified atom stereocenters. The van der Waals surface area contributed by atoms with Gasteiger partial charge in [0.15, 0.2) is 5.58 Å². The van der Waals surface area contributed by atoms with E-state index in [-0.39, 0.29) is 11.9 Å². The highest BCUT2D eigenvalue weighted by atomic mass is 16.4. The Hall–Kier alpha value is -2.08. The Kier molecular flexibility index (Phi) is 4.06. The number of rotatable bonds is 4. The second kappa shape index (κ2) is 6.13. The molecule has 6 nitrogen and oxygen atoms in total. The molecular formula is C15H20N4O2. The molecule has 0 bridgehead atoms. The smallest absolute Gasteiger partial charge is 0.292 e. The summed E-state index contributed by atoms with van der Waals surface area (Å²) >= 11 is 0. The van der Waals surface area contributed by atoms with Gasteiger partial charge in [0.2, 0.25) is 0 Å². The Labute approximate surface area is 123 Å². The van der Waals surface area contributed by atoms with Crippen molar-refractivity contribution in [1.82, 2.24) is 15.2 Å². The number of nitrogen functional groups attached to an aromatic ring is 1. The van der Waals surface area contributed by atoms with Crippen LogP contribution in [0, 0.1) is 0 Å². The quantitative estimate of drug-likeness (QED) is 0.893. The molecule has 21 heavy (non-hydrogen) atoms. The maximum atomic E-state index is 12.1. The number of benzene rings is 1. The van der Waals surface area contributed by atoms with Crippen LogP contribution in [0.3, 0.4) is 0 Å².